The molecule has 11 nitrogen and oxygen atoms in total. The normalized spacial score (nSPS) is 16.0. The molecule has 0 spiro atoms. The summed E-state index contributed by atoms with van der Waals surface area (Å²) in [6.07, 6.45) is 6.95. The fraction of sp³-hybridized carbons (Fsp3) is 0.500. The molecule has 2 aromatic heterocycles. The summed E-state index contributed by atoms with van der Waals surface area (Å²) < 4.78 is 1.34. The van der Waals surface area contributed by atoms with Crippen LogP contribution in [0.5, 0.6) is 0 Å². The fourth-order valence-electron chi connectivity index (χ4n) is 2.80. The first-order valence-electron chi connectivity index (χ1n) is 7.87. The first kappa shape index (κ1) is 16.6. The highest BCUT2D eigenvalue weighted by Crippen LogP contribution is 2.30. The molecule has 1 aliphatic carbocycles. The number of anilines is 2. The lowest BCUT2D eigenvalue weighted by Crippen LogP contribution is -2.39. The van der Waals surface area contributed by atoms with Gasteiger partial charge in [-0.25, -0.2) is 4.57 Å². The van der Waals surface area contributed by atoms with Crippen molar-refractivity contribution >= 4 is 17.7 Å². The van der Waals surface area contributed by atoms with Crippen molar-refractivity contribution in [3.05, 3.63) is 22.6 Å². The highest BCUT2D eigenvalue weighted by molar-refractivity contribution is 5.42. The van der Waals surface area contributed by atoms with Crippen molar-refractivity contribution in [1.29, 1.82) is 5.26 Å². The molecule has 25 heavy (non-hydrogen) atoms. The Balaban J connectivity index is 1.94. The maximum Gasteiger partial charge on any atom is 0.382 e. The van der Waals surface area contributed by atoms with E-state index in [4.69, 9.17) is 0 Å². The molecule has 3 rings (SSSR count). The van der Waals surface area contributed by atoms with Gasteiger partial charge in [0, 0.05) is 7.05 Å². The predicted molar refractivity (Wildman–Crippen MR) is 88.2 cm³/mol. The van der Waals surface area contributed by atoms with Crippen molar-refractivity contribution in [3.63, 3.8) is 0 Å². The zero-order chi connectivity index (χ0) is 17.9. The largest absolute Gasteiger partial charge is 0.382 e. The third-order valence-electron chi connectivity index (χ3n) is 4.11. The van der Waals surface area contributed by atoms with Crippen LogP contribution in [0.4, 0.5) is 17.7 Å². The lowest BCUT2D eigenvalue weighted by atomic mass is 9.83. The van der Waals surface area contributed by atoms with Crippen LogP contribution in [0.25, 0.3) is 5.95 Å². The Morgan fingerprint density at radius 1 is 1.28 bits per heavy atom. The maximum absolute atomic E-state index is 10.8. The summed E-state index contributed by atoms with van der Waals surface area (Å²) in [5.74, 6) is 0.398. The second-order valence-corrected chi connectivity index (χ2v) is 5.81. The molecule has 1 fully saturated rings. The third kappa shape index (κ3) is 3.47. The predicted octanol–water partition coefficient (Wildman–Crippen LogP) is 1.65. The summed E-state index contributed by atoms with van der Waals surface area (Å²) in [4.78, 5) is 26.6. The molecule has 130 valence electrons. The zero-order valence-corrected chi connectivity index (χ0v) is 13.6. The van der Waals surface area contributed by atoms with E-state index in [1.54, 1.807) is 7.05 Å². The number of rotatable bonds is 5. The molecule has 0 aliphatic heterocycles. The lowest BCUT2D eigenvalue weighted by Gasteiger charge is -2.31. The van der Waals surface area contributed by atoms with Gasteiger partial charge in [0.2, 0.25) is 24.2 Å². The van der Waals surface area contributed by atoms with E-state index in [0.717, 1.165) is 32.1 Å². The molecule has 0 radical (unpaired) electrons. The average Bonchev–Trinajstić information content (AvgIpc) is 3.13. The summed E-state index contributed by atoms with van der Waals surface area (Å²) >= 11 is 0. The van der Waals surface area contributed by atoms with E-state index in [2.05, 4.69) is 36.6 Å². The van der Waals surface area contributed by atoms with Crippen molar-refractivity contribution in [3.8, 4) is 12.0 Å². The molecule has 1 aliphatic rings. The Morgan fingerprint density at radius 2 is 2.00 bits per heavy atom. The standard InChI is InChI=1S/C14H17N9O2/c1-16-11-18-12(21-14(8-15)5-3-2-4-6-14)20-13(19-11)22-7-10(17-9-22)23(24)25/h7,9H,2-6H2,1H3,(H2,16,18,19,20,21). The maximum atomic E-state index is 10.8. The molecule has 1 saturated carbocycles. The number of nitro groups is 1. The van der Waals surface area contributed by atoms with Crippen LogP contribution in [0, 0.1) is 21.4 Å². The molecular weight excluding hydrogens is 326 g/mol. The van der Waals surface area contributed by atoms with Gasteiger partial charge in [0.15, 0.2) is 0 Å². The van der Waals surface area contributed by atoms with Gasteiger partial charge in [-0.2, -0.15) is 20.2 Å². The Kier molecular flexibility index (Phi) is 4.42. The summed E-state index contributed by atoms with van der Waals surface area (Å²) in [6, 6.07) is 2.34. The number of hydrogen-bond acceptors (Lipinski definition) is 9. The van der Waals surface area contributed by atoms with Gasteiger partial charge in [-0.1, -0.05) is 19.3 Å². The van der Waals surface area contributed by atoms with E-state index in [-0.39, 0.29) is 23.7 Å². The molecule has 2 aromatic rings. The minimum atomic E-state index is -0.706. The van der Waals surface area contributed by atoms with Crippen LogP contribution in [-0.2, 0) is 0 Å². The van der Waals surface area contributed by atoms with Crippen LogP contribution in [0.2, 0.25) is 0 Å². The topological polar surface area (TPSA) is 147 Å². The highest BCUT2D eigenvalue weighted by Gasteiger charge is 2.33. The van der Waals surface area contributed by atoms with E-state index in [1.807, 2.05) is 0 Å². The van der Waals surface area contributed by atoms with Crippen LogP contribution in [0.15, 0.2) is 12.5 Å². The minimum Gasteiger partial charge on any atom is -0.358 e. The molecular formula is C14H17N9O2. The Hall–Kier alpha value is -3.29. The lowest BCUT2D eigenvalue weighted by molar-refractivity contribution is -0.389. The van der Waals surface area contributed by atoms with Gasteiger partial charge < -0.3 is 20.7 Å². The number of nitrogens with zero attached hydrogens (tertiary/aromatic N) is 7. The second kappa shape index (κ2) is 6.68. The van der Waals surface area contributed by atoms with Crippen molar-refractivity contribution in [1.82, 2.24) is 24.5 Å². The van der Waals surface area contributed by atoms with Gasteiger partial charge in [-0.3, -0.25) is 0 Å². The molecule has 0 atom stereocenters. The molecule has 2 N–H and O–H groups in total. The fourth-order valence-corrected chi connectivity index (χ4v) is 2.80. The average molecular weight is 343 g/mol. The monoisotopic (exact) mass is 343 g/mol. The number of nitrogens with one attached hydrogen (secondary N) is 2. The minimum absolute atomic E-state index is 0.173. The van der Waals surface area contributed by atoms with Crippen LogP contribution >= 0.6 is 0 Å². The summed E-state index contributed by atoms with van der Waals surface area (Å²) in [5.41, 5.74) is -0.706. The van der Waals surface area contributed by atoms with Crippen LogP contribution in [-0.4, -0.2) is 42.0 Å². The second-order valence-electron chi connectivity index (χ2n) is 5.81. The van der Waals surface area contributed by atoms with Crippen LogP contribution in [0.1, 0.15) is 32.1 Å². The van der Waals surface area contributed by atoms with E-state index >= 15 is 0 Å². The van der Waals surface area contributed by atoms with Crippen LogP contribution < -0.4 is 10.6 Å². The molecule has 2 heterocycles. The zero-order valence-electron chi connectivity index (χ0n) is 13.6. The summed E-state index contributed by atoms with van der Waals surface area (Å²) in [6.45, 7) is 0. The van der Waals surface area contributed by atoms with E-state index in [1.165, 1.54) is 17.1 Å². The van der Waals surface area contributed by atoms with E-state index in [9.17, 15) is 15.4 Å². The van der Waals surface area contributed by atoms with Gasteiger partial charge in [0.1, 0.15) is 11.7 Å². The Morgan fingerprint density at radius 3 is 2.60 bits per heavy atom. The smallest absolute Gasteiger partial charge is 0.358 e. The van der Waals surface area contributed by atoms with Gasteiger partial charge in [0.25, 0.3) is 0 Å². The van der Waals surface area contributed by atoms with Gasteiger partial charge in [-0.15, -0.1) is 0 Å². The van der Waals surface area contributed by atoms with Gasteiger partial charge in [0.05, 0.1) is 6.07 Å². The molecule has 0 bridgehead atoms. The van der Waals surface area contributed by atoms with Gasteiger partial charge in [-0.05, 0) is 22.7 Å². The SMILES string of the molecule is CNc1nc(NC2(C#N)CCCCC2)nc(-n2cnc([N+](=O)[O-])c2)n1. The van der Waals surface area contributed by atoms with E-state index < -0.39 is 10.5 Å². The molecule has 0 saturated heterocycles. The number of aromatic nitrogens is 5. The Bertz CT molecular complexity index is 820. The quantitative estimate of drug-likeness (QED) is 0.610. The molecule has 0 amide bonds. The molecule has 0 aromatic carbocycles. The van der Waals surface area contributed by atoms with Crippen molar-refractivity contribution < 1.29 is 4.92 Å². The van der Waals surface area contributed by atoms with Crippen molar-refractivity contribution in [2.24, 2.45) is 0 Å². The first-order valence-corrected chi connectivity index (χ1v) is 7.87. The van der Waals surface area contributed by atoms with Crippen molar-refractivity contribution in [2.45, 2.75) is 37.6 Å². The number of imidazole rings is 1. The Labute approximate surface area is 143 Å². The van der Waals surface area contributed by atoms with E-state index in [0.29, 0.717) is 0 Å². The molecule has 0 unspecified atom stereocenters. The number of hydrogen-bond donors (Lipinski definition) is 2. The third-order valence-corrected chi connectivity index (χ3v) is 4.11. The van der Waals surface area contributed by atoms with Crippen molar-refractivity contribution in [2.75, 3.05) is 17.7 Å². The summed E-state index contributed by atoms with van der Waals surface area (Å²) in [7, 11) is 1.65. The molecule has 11 heteroatoms. The van der Waals surface area contributed by atoms with Crippen LogP contribution in [0.3, 0.4) is 0 Å². The number of nitriles is 1. The van der Waals surface area contributed by atoms with Gasteiger partial charge >= 0.3 is 5.82 Å². The first-order chi connectivity index (χ1) is 12.0. The summed E-state index contributed by atoms with van der Waals surface area (Å²) in [5, 5.41) is 26.3. The highest BCUT2D eigenvalue weighted by atomic mass is 16.6.